The molecule has 0 N–H and O–H groups in total. The van der Waals surface area contributed by atoms with Crippen LogP contribution in [0.5, 0.6) is 0 Å². The minimum Gasteiger partial charge on any atom is -0.308 e. The summed E-state index contributed by atoms with van der Waals surface area (Å²) in [5, 5.41) is 0. The molecule has 0 radical (unpaired) electrons. The first-order chi connectivity index (χ1) is 9.52. The van der Waals surface area contributed by atoms with Gasteiger partial charge in [0, 0.05) is 12.2 Å². The van der Waals surface area contributed by atoms with Gasteiger partial charge in [-0.2, -0.15) is 0 Å². The lowest BCUT2D eigenvalue weighted by atomic mass is 10.1. The molecule has 4 heteroatoms. The van der Waals surface area contributed by atoms with Gasteiger partial charge in [0.05, 0.1) is 5.56 Å². The summed E-state index contributed by atoms with van der Waals surface area (Å²) in [5.41, 5.74) is 1.21. The van der Waals surface area contributed by atoms with Crippen LogP contribution in [-0.4, -0.2) is 12.5 Å². The van der Waals surface area contributed by atoms with E-state index in [1.54, 1.807) is 26.0 Å². The summed E-state index contributed by atoms with van der Waals surface area (Å²) < 4.78 is 27.1. The van der Waals surface area contributed by atoms with Crippen molar-refractivity contribution in [3.8, 4) is 0 Å². The van der Waals surface area contributed by atoms with Gasteiger partial charge in [-0.3, -0.25) is 4.79 Å². The molecule has 2 aromatic carbocycles. The first kappa shape index (κ1) is 14.2. The van der Waals surface area contributed by atoms with Crippen LogP contribution in [0, 0.1) is 18.6 Å². The van der Waals surface area contributed by atoms with E-state index in [0.29, 0.717) is 12.2 Å². The largest absolute Gasteiger partial charge is 0.308 e. The summed E-state index contributed by atoms with van der Waals surface area (Å²) in [6.45, 7) is 3.88. The Morgan fingerprint density at radius 1 is 1.15 bits per heavy atom. The number of carbonyl (C=O) groups excluding carboxylic acids is 1. The number of hydrogen-bond acceptors (Lipinski definition) is 1. The maximum atomic E-state index is 13.8. The summed E-state index contributed by atoms with van der Waals surface area (Å²) in [6.07, 6.45) is 0. The number of rotatable bonds is 3. The number of anilines is 1. The minimum absolute atomic E-state index is 0.00360. The monoisotopic (exact) mass is 275 g/mol. The first-order valence-electron chi connectivity index (χ1n) is 6.36. The van der Waals surface area contributed by atoms with Crippen LogP contribution in [0.1, 0.15) is 22.8 Å². The molecule has 104 valence electrons. The maximum absolute atomic E-state index is 13.8. The van der Waals surface area contributed by atoms with Gasteiger partial charge in [-0.1, -0.05) is 17.7 Å². The first-order valence-corrected chi connectivity index (χ1v) is 6.36. The molecule has 0 atom stereocenters. The van der Waals surface area contributed by atoms with Crippen LogP contribution in [0.4, 0.5) is 14.5 Å². The molecule has 0 aliphatic carbocycles. The van der Waals surface area contributed by atoms with Crippen LogP contribution in [0.3, 0.4) is 0 Å². The van der Waals surface area contributed by atoms with Crippen LogP contribution < -0.4 is 4.90 Å². The number of benzene rings is 2. The van der Waals surface area contributed by atoms with Gasteiger partial charge in [0.15, 0.2) is 0 Å². The molecule has 0 saturated carbocycles. The molecule has 2 nitrogen and oxygen atoms in total. The highest BCUT2D eigenvalue weighted by Gasteiger charge is 2.19. The average Bonchev–Trinajstić information content (AvgIpc) is 2.42. The van der Waals surface area contributed by atoms with Gasteiger partial charge >= 0.3 is 0 Å². The molecule has 0 aliphatic rings. The van der Waals surface area contributed by atoms with Crippen molar-refractivity contribution in [1.29, 1.82) is 0 Å². The van der Waals surface area contributed by atoms with E-state index in [4.69, 9.17) is 0 Å². The molecule has 0 fully saturated rings. The normalized spacial score (nSPS) is 10.4. The number of aryl methyl sites for hydroxylation is 1. The molecule has 0 heterocycles. The Morgan fingerprint density at radius 3 is 2.55 bits per heavy atom. The molecule has 0 bridgehead atoms. The van der Waals surface area contributed by atoms with Crippen molar-refractivity contribution in [3.63, 3.8) is 0 Å². The maximum Gasteiger partial charge on any atom is 0.261 e. The molecule has 2 aromatic rings. The van der Waals surface area contributed by atoms with Crippen molar-refractivity contribution in [1.82, 2.24) is 0 Å². The van der Waals surface area contributed by atoms with E-state index in [0.717, 1.165) is 5.56 Å². The number of halogens is 2. The van der Waals surface area contributed by atoms with Crippen molar-refractivity contribution in [2.75, 3.05) is 11.4 Å². The van der Waals surface area contributed by atoms with E-state index in [9.17, 15) is 13.6 Å². The Kier molecular flexibility index (Phi) is 4.13. The molecule has 0 unspecified atom stereocenters. The SMILES string of the molecule is CCN(C(=O)c1cc(C)ccc1F)c1cccc(F)c1. The Hall–Kier alpha value is -2.23. The standard InChI is InChI=1S/C16H15F2NO/c1-3-19(13-6-4-5-12(17)10-13)16(20)14-9-11(2)7-8-15(14)18/h4-10H,3H2,1-2H3. The van der Waals surface area contributed by atoms with E-state index >= 15 is 0 Å². The van der Waals surface area contributed by atoms with Gasteiger partial charge in [0.2, 0.25) is 0 Å². The van der Waals surface area contributed by atoms with Crippen molar-refractivity contribution in [3.05, 3.63) is 65.2 Å². The van der Waals surface area contributed by atoms with E-state index in [1.165, 1.54) is 35.2 Å². The van der Waals surface area contributed by atoms with Gasteiger partial charge in [-0.15, -0.1) is 0 Å². The smallest absolute Gasteiger partial charge is 0.261 e. The zero-order valence-electron chi connectivity index (χ0n) is 11.4. The fraction of sp³-hybridized carbons (Fsp3) is 0.188. The topological polar surface area (TPSA) is 20.3 Å². The van der Waals surface area contributed by atoms with Crippen molar-refractivity contribution < 1.29 is 13.6 Å². The number of carbonyl (C=O) groups is 1. The van der Waals surface area contributed by atoms with E-state index in [-0.39, 0.29) is 5.56 Å². The molecular weight excluding hydrogens is 260 g/mol. The Morgan fingerprint density at radius 2 is 1.90 bits per heavy atom. The summed E-state index contributed by atoms with van der Waals surface area (Å²) in [4.78, 5) is 13.8. The molecule has 2 rings (SSSR count). The second-order valence-corrected chi connectivity index (χ2v) is 4.51. The van der Waals surface area contributed by atoms with E-state index < -0.39 is 17.5 Å². The molecule has 0 saturated heterocycles. The average molecular weight is 275 g/mol. The highest BCUT2D eigenvalue weighted by molar-refractivity contribution is 6.06. The minimum atomic E-state index is -0.574. The lowest BCUT2D eigenvalue weighted by Gasteiger charge is -2.21. The summed E-state index contributed by atoms with van der Waals surface area (Å²) in [7, 11) is 0. The van der Waals surface area contributed by atoms with Crippen LogP contribution in [0.25, 0.3) is 0 Å². The van der Waals surface area contributed by atoms with E-state index in [2.05, 4.69) is 0 Å². The molecule has 20 heavy (non-hydrogen) atoms. The number of nitrogens with zero attached hydrogens (tertiary/aromatic N) is 1. The number of hydrogen-bond donors (Lipinski definition) is 0. The fourth-order valence-electron chi connectivity index (χ4n) is 2.04. The second kappa shape index (κ2) is 5.82. The Bertz CT molecular complexity index is 640. The summed E-state index contributed by atoms with van der Waals surface area (Å²) >= 11 is 0. The van der Waals surface area contributed by atoms with Gasteiger partial charge in [0.1, 0.15) is 11.6 Å². The summed E-state index contributed by atoms with van der Waals surface area (Å²) in [5.74, 6) is -1.48. The fourth-order valence-corrected chi connectivity index (χ4v) is 2.04. The molecule has 1 amide bonds. The third kappa shape index (κ3) is 2.85. The third-order valence-electron chi connectivity index (χ3n) is 3.03. The molecule has 0 spiro atoms. The summed E-state index contributed by atoms with van der Waals surface area (Å²) in [6, 6.07) is 10.1. The third-order valence-corrected chi connectivity index (χ3v) is 3.03. The highest BCUT2D eigenvalue weighted by Crippen LogP contribution is 2.20. The number of amides is 1. The van der Waals surface area contributed by atoms with E-state index in [1.807, 2.05) is 0 Å². The van der Waals surface area contributed by atoms with Crippen LogP contribution in [0.15, 0.2) is 42.5 Å². The van der Waals surface area contributed by atoms with Crippen LogP contribution in [0.2, 0.25) is 0 Å². The van der Waals surface area contributed by atoms with Gasteiger partial charge in [-0.25, -0.2) is 8.78 Å². The lowest BCUT2D eigenvalue weighted by molar-refractivity contribution is 0.0984. The zero-order valence-corrected chi connectivity index (χ0v) is 11.4. The molecular formula is C16H15F2NO. The van der Waals surface area contributed by atoms with Crippen molar-refractivity contribution in [2.24, 2.45) is 0 Å². The van der Waals surface area contributed by atoms with Gasteiger partial charge in [-0.05, 0) is 44.2 Å². The quantitative estimate of drug-likeness (QED) is 0.830. The predicted molar refractivity (Wildman–Crippen MR) is 74.9 cm³/mol. The predicted octanol–water partition coefficient (Wildman–Crippen LogP) is 3.94. The van der Waals surface area contributed by atoms with Crippen LogP contribution >= 0.6 is 0 Å². The Balaban J connectivity index is 2.41. The highest BCUT2D eigenvalue weighted by atomic mass is 19.1. The lowest BCUT2D eigenvalue weighted by Crippen LogP contribution is -2.31. The van der Waals surface area contributed by atoms with Gasteiger partial charge < -0.3 is 4.90 Å². The van der Waals surface area contributed by atoms with Crippen molar-refractivity contribution in [2.45, 2.75) is 13.8 Å². The van der Waals surface area contributed by atoms with Crippen LogP contribution in [-0.2, 0) is 0 Å². The second-order valence-electron chi connectivity index (χ2n) is 4.51. The molecule has 0 aliphatic heterocycles. The zero-order chi connectivity index (χ0) is 14.7. The Labute approximate surface area is 116 Å². The van der Waals surface area contributed by atoms with Gasteiger partial charge in [0.25, 0.3) is 5.91 Å². The molecule has 0 aromatic heterocycles. The van der Waals surface area contributed by atoms with Crippen molar-refractivity contribution >= 4 is 11.6 Å².